The SMILES string of the molecule is C[CH][CH][CH][CH]C(=O)NN.[C-]#[O+].[C-]#[O+].[C-]#[O+].[Fe]. The minimum absolute atomic E-state index is 0. The molecular formula is C9H10FeN2O4. The number of amides is 1. The Hall–Kier alpha value is -0.831. The Kier molecular flexibility index (Phi) is 88.0. The molecule has 16 heavy (non-hydrogen) atoms. The van der Waals surface area contributed by atoms with Gasteiger partial charge in [0.25, 0.3) is 0 Å². The molecule has 88 valence electrons. The molecule has 0 aromatic carbocycles. The van der Waals surface area contributed by atoms with Crippen molar-refractivity contribution in [2.75, 3.05) is 0 Å². The molecule has 0 atom stereocenters. The van der Waals surface area contributed by atoms with Crippen LogP contribution < -0.4 is 11.3 Å². The summed E-state index contributed by atoms with van der Waals surface area (Å²) in [5, 5.41) is 0. The number of rotatable bonds is 4. The van der Waals surface area contributed by atoms with Gasteiger partial charge in [0.2, 0.25) is 5.91 Å². The van der Waals surface area contributed by atoms with Gasteiger partial charge < -0.3 is 0 Å². The van der Waals surface area contributed by atoms with Crippen LogP contribution in [0.1, 0.15) is 6.92 Å². The first-order chi connectivity index (χ1) is 7.31. The summed E-state index contributed by atoms with van der Waals surface area (Å²) in [5.41, 5.74) is 1.96. The van der Waals surface area contributed by atoms with E-state index < -0.39 is 0 Å². The summed E-state index contributed by atoms with van der Waals surface area (Å²) >= 11 is 0. The van der Waals surface area contributed by atoms with Crippen molar-refractivity contribution in [1.29, 1.82) is 0 Å². The van der Waals surface area contributed by atoms with Gasteiger partial charge >= 0.3 is 33.9 Å². The summed E-state index contributed by atoms with van der Waals surface area (Å²) in [6, 6.07) is 0. The molecule has 6 nitrogen and oxygen atoms in total. The predicted molar refractivity (Wildman–Crippen MR) is 47.0 cm³/mol. The molecule has 0 aliphatic rings. The third-order valence-corrected chi connectivity index (χ3v) is 0.693. The normalized spacial score (nSPS) is 5.50. The van der Waals surface area contributed by atoms with E-state index in [-0.39, 0.29) is 23.0 Å². The molecule has 0 unspecified atom stereocenters. The maximum absolute atomic E-state index is 10.3. The number of nitrogens with one attached hydrogen (secondary N) is 1. The minimum atomic E-state index is -0.298. The molecule has 0 saturated heterocycles. The van der Waals surface area contributed by atoms with E-state index in [2.05, 4.69) is 20.0 Å². The van der Waals surface area contributed by atoms with Crippen LogP contribution in [0.2, 0.25) is 0 Å². The largest absolute Gasteiger partial charge is 0 e. The number of unbranched alkanes of at least 4 members (excludes halogenated alkanes) is 2. The summed E-state index contributed by atoms with van der Waals surface area (Å²) in [7, 11) is 0. The molecule has 0 rings (SSSR count). The summed E-state index contributed by atoms with van der Waals surface area (Å²) in [4.78, 5) is 10.3. The molecule has 0 saturated carbocycles. The van der Waals surface area contributed by atoms with Crippen molar-refractivity contribution in [3.63, 3.8) is 0 Å². The quantitative estimate of drug-likeness (QED) is 0.138. The monoisotopic (exact) mass is 266 g/mol. The Morgan fingerprint density at radius 3 is 1.75 bits per heavy atom. The number of hydrogen-bond donors (Lipinski definition) is 2. The maximum Gasteiger partial charge on any atom is 0 e. The van der Waals surface area contributed by atoms with Crippen molar-refractivity contribution < 1.29 is 35.8 Å². The van der Waals surface area contributed by atoms with Crippen molar-refractivity contribution in [2.24, 2.45) is 5.84 Å². The van der Waals surface area contributed by atoms with Gasteiger partial charge in [-0.1, -0.05) is 6.92 Å². The average Bonchev–Trinajstić information content (AvgIpc) is 2.36. The van der Waals surface area contributed by atoms with Crippen LogP contribution in [0.3, 0.4) is 0 Å². The van der Waals surface area contributed by atoms with Crippen molar-refractivity contribution in [1.82, 2.24) is 5.43 Å². The van der Waals surface area contributed by atoms with Gasteiger partial charge in [0, 0.05) is 17.1 Å². The van der Waals surface area contributed by atoms with Crippen LogP contribution in [-0.2, 0) is 35.8 Å². The smallest absolute Gasteiger partial charge is 0 e. The molecule has 4 radical (unpaired) electrons. The second kappa shape index (κ2) is 47.8. The zero-order chi connectivity index (χ0) is 13.1. The standard InChI is InChI=1S/C6H10N2O.3CO.Fe/c1-2-3-4-5-6(9)8-7;3*1-2;/h2-5H,7H2,1H3,(H,8,9);;;;. The van der Waals surface area contributed by atoms with Gasteiger partial charge in [-0.05, 0) is 19.3 Å². The van der Waals surface area contributed by atoms with E-state index in [1.54, 1.807) is 12.8 Å². The topological polar surface area (TPSA) is 115 Å². The predicted octanol–water partition coefficient (Wildman–Crippen LogP) is -0.302. The van der Waals surface area contributed by atoms with Gasteiger partial charge in [0.1, 0.15) is 0 Å². The van der Waals surface area contributed by atoms with E-state index in [0.717, 1.165) is 0 Å². The van der Waals surface area contributed by atoms with Gasteiger partial charge in [0.05, 0.1) is 6.42 Å². The van der Waals surface area contributed by atoms with Crippen LogP contribution in [0.25, 0.3) is 0 Å². The number of nitrogens with two attached hydrogens (primary N) is 1. The van der Waals surface area contributed by atoms with Crippen LogP contribution in [0, 0.1) is 45.6 Å². The minimum Gasteiger partial charge on any atom is 0 e. The number of hydrazine groups is 1. The van der Waals surface area contributed by atoms with E-state index in [4.69, 9.17) is 19.8 Å². The zero-order valence-electron chi connectivity index (χ0n) is 8.37. The van der Waals surface area contributed by atoms with Crippen LogP contribution in [0.4, 0.5) is 0 Å². The first-order valence-corrected chi connectivity index (χ1v) is 3.22. The summed E-state index contributed by atoms with van der Waals surface area (Å²) in [5.74, 6) is 4.48. The van der Waals surface area contributed by atoms with Crippen LogP contribution in [0.15, 0.2) is 0 Å². The Bertz CT molecular complexity index is 166. The second-order valence-electron chi connectivity index (χ2n) is 1.39. The summed E-state index contributed by atoms with van der Waals surface area (Å²) in [6.07, 6.45) is 6.53. The van der Waals surface area contributed by atoms with Crippen LogP contribution in [-0.4, -0.2) is 5.91 Å². The molecule has 1 amide bonds. The Morgan fingerprint density at radius 1 is 1.12 bits per heavy atom. The molecule has 0 aromatic heterocycles. The maximum atomic E-state index is 10.3. The van der Waals surface area contributed by atoms with E-state index in [9.17, 15) is 4.79 Å². The van der Waals surface area contributed by atoms with Crippen LogP contribution in [0.5, 0.6) is 0 Å². The van der Waals surface area contributed by atoms with Crippen LogP contribution >= 0.6 is 0 Å². The van der Waals surface area contributed by atoms with E-state index >= 15 is 0 Å². The first kappa shape index (κ1) is 29.4. The average molecular weight is 266 g/mol. The fourth-order valence-electron chi connectivity index (χ4n) is 0.302. The van der Waals surface area contributed by atoms with Gasteiger partial charge in [-0.15, -0.1) is 0 Å². The summed E-state index contributed by atoms with van der Waals surface area (Å²) < 4.78 is 22.5. The molecule has 0 bridgehead atoms. The van der Waals surface area contributed by atoms with Gasteiger partial charge in [-0.2, -0.15) is 0 Å². The number of carbonyl (C=O) groups is 1. The van der Waals surface area contributed by atoms with Gasteiger partial charge in [-0.3, -0.25) is 10.2 Å². The number of carbonyl (C=O) groups excluding carboxylic acids is 1. The molecule has 0 heterocycles. The van der Waals surface area contributed by atoms with Crippen molar-refractivity contribution >= 4 is 5.91 Å². The molecule has 3 N–H and O–H groups in total. The van der Waals surface area contributed by atoms with Gasteiger partial charge in [-0.25, -0.2) is 5.84 Å². The van der Waals surface area contributed by atoms with E-state index in [1.165, 1.54) is 6.42 Å². The van der Waals surface area contributed by atoms with Gasteiger partial charge in [0.15, 0.2) is 0 Å². The molecule has 0 fully saturated rings. The molecule has 0 aromatic rings. The molecule has 7 heteroatoms. The zero-order valence-corrected chi connectivity index (χ0v) is 9.48. The fraction of sp³-hybridized carbons (Fsp3) is 0.111. The molecular weight excluding hydrogens is 256 g/mol. The van der Waals surface area contributed by atoms with Crippen molar-refractivity contribution in [3.05, 3.63) is 45.6 Å². The second-order valence-corrected chi connectivity index (χ2v) is 1.39. The molecule has 0 aliphatic heterocycles. The third-order valence-electron chi connectivity index (χ3n) is 0.693. The van der Waals surface area contributed by atoms with Crippen molar-refractivity contribution in [3.8, 4) is 0 Å². The molecule has 0 spiro atoms. The number of hydrogen-bond acceptors (Lipinski definition) is 2. The molecule has 0 aliphatic carbocycles. The Labute approximate surface area is 106 Å². The Balaban J connectivity index is -0.0000000498. The summed E-state index contributed by atoms with van der Waals surface area (Å²) in [6.45, 7) is 15.4. The van der Waals surface area contributed by atoms with E-state index in [0.29, 0.717) is 0 Å². The van der Waals surface area contributed by atoms with Crippen molar-refractivity contribution in [2.45, 2.75) is 6.92 Å². The fourth-order valence-corrected chi connectivity index (χ4v) is 0.302. The first-order valence-electron chi connectivity index (χ1n) is 3.22. The van der Waals surface area contributed by atoms with E-state index in [1.807, 2.05) is 18.8 Å². The Morgan fingerprint density at radius 2 is 1.50 bits per heavy atom. The third kappa shape index (κ3) is 51.2.